The van der Waals surface area contributed by atoms with E-state index in [2.05, 4.69) is 4.98 Å². The van der Waals surface area contributed by atoms with Crippen molar-refractivity contribution in [2.24, 2.45) is 5.73 Å². The number of aliphatic hydroxyl groups excluding tert-OH is 1. The Balaban J connectivity index is 0.00000225. The van der Waals surface area contributed by atoms with Crippen molar-refractivity contribution >= 4 is 40.5 Å². The van der Waals surface area contributed by atoms with Gasteiger partial charge >= 0.3 is 6.18 Å². The molecular formula is C15H15ClF3N3OS2. The maximum Gasteiger partial charge on any atom is 0.416 e. The van der Waals surface area contributed by atoms with Crippen molar-refractivity contribution < 1.29 is 18.3 Å². The van der Waals surface area contributed by atoms with E-state index in [0.29, 0.717) is 16.3 Å². The molecular weight excluding hydrogens is 395 g/mol. The molecule has 10 heteroatoms. The van der Waals surface area contributed by atoms with Crippen LogP contribution in [0.1, 0.15) is 11.3 Å². The summed E-state index contributed by atoms with van der Waals surface area (Å²) >= 11 is 2.60. The minimum atomic E-state index is -4.38. The van der Waals surface area contributed by atoms with Crippen molar-refractivity contribution in [3.05, 3.63) is 47.1 Å². The molecule has 2 heterocycles. The summed E-state index contributed by atoms with van der Waals surface area (Å²) in [6.45, 7) is -0.176. The first-order valence-electron chi connectivity index (χ1n) is 7.04. The number of hydrogen-bond donors (Lipinski definition) is 2. The molecule has 0 saturated carbocycles. The number of aromatic nitrogens is 2. The number of rotatable bonds is 5. The van der Waals surface area contributed by atoms with E-state index in [1.165, 1.54) is 17.4 Å². The van der Waals surface area contributed by atoms with Crippen molar-refractivity contribution in [3.8, 4) is 0 Å². The van der Waals surface area contributed by atoms with Gasteiger partial charge in [-0.1, -0.05) is 17.8 Å². The molecule has 0 aliphatic carbocycles. The number of halogens is 4. The molecule has 0 radical (unpaired) electrons. The average Bonchev–Trinajstić information content (AvgIpc) is 3.10. The standard InChI is InChI=1S/C15H14F3N3OS2.ClH/c16-15(17,18)9-2-1-3-11(6-9)24-13-12(7-10(19)8-22)21-4-5-23-14(21)20-13;/h1-6,10,22H,7-8,19H2;1H. The first-order valence-corrected chi connectivity index (χ1v) is 8.74. The Kier molecular flexibility index (Phi) is 6.39. The monoisotopic (exact) mass is 409 g/mol. The Labute approximate surface area is 156 Å². The van der Waals surface area contributed by atoms with Gasteiger partial charge < -0.3 is 10.8 Å². The fourth-order valence-corrected chi connectivity index (χ4v) is 4.02. The Hall–Kier alpha value is -1.26. The summed E-state index contributed by atoms with van der Waals surface area (Å²) in [7, 11) is 0. The number of alkyl halides is 3. The van der Waals surface area contributed by atoms with Gasteiger partial charge in [-0.15, -0.1) is 23.7 Å². The molecule has 25 heavy (non-hydrogen) atoms. The van der Waals surface area contributed by atoms with Gasteiger partial charge in [0.2, 0.25) is 0 Å². The number of nitrogens with two attached hydrogens (primary N) is 1. The van der Waals surface area contributed by atoms with Crippen molar-refractivity contribution in [1.29, 1.82) is 0 Å². The summed E-state index contributed by atoms with van der Waals surface area (Å²) in [4.78, 5) is 5.67. The minimum Gasteiger partial charge on any atom is -0.395 e. The number of nitrogens with zero attached hydrogens (tertiary/aromatic N) is 2. The third-order valence-corrected chi connectivity index (χ3v) is 5.16. The molecule has 0 fully saturated rings. The average molecular weight is 410 g/mol. The Bertz CT molecular complexity index is 850. The normalized spacial score (nSPS) is 13.0. The smallest absolute Gasteiger partial charge is 0.395 e. The van der Waals surface area contributed by atoms with Crippen LogP contribution in [0.25, 0.3) is 4.96 Å². The largest absolute Gasteiger partial charge is 0.416 e. The van der Waals surface area contributed by atoms with E-state index in [0.717, 1.165) is 34.5 Å². The van der Waals surface area contributed by atoms with Gasteiger partial charge in [-0.25, -0.2) is 4.98 Å². The topological polar surface area (TPSA) is 63.5 Å². The lowest BCUT2D eigenvalue weighted by molar-refractivity contribution is -0.137. The van der Waals surface area contributed by atoms with E-state index in [1.807, 2.05) is 16.0 Å². The molecule has 0 saturated heterocycles. The summed E-state index contributed by atoms with van der Waals surface area (Å²) in [6, 6.07) is 4.68. The molecule has 3 N–H and O–H groups in total. The molecule has 0 amide bonds. The zero-order valence-corrected chi connectivity index (χ0v) is 15.2. The van der Waals surface area contributed by atoms with Crippen LogP contribution in [0.4, 0.5) is 13.2 Å². The molecule has 0 aliphatic rings. The highest BCUT2D eigenvalue weighted by atomic mass is 35.5. The number of fused-ring (bicyclic) bond motifs is 1. The molecule has 0 spiro atoms. The predicted molar refractivity (Wildman–Crippen MR) is 94.6 cm³/mol. The molecule has 4 nitrogen and oxygen atoms in total. The van der Waals surface area contributed by atoms with Gasteiger partial charge in [-0.3, -0.25) is 4.40 Å². The van der Waals surface area contributed by atoms with Crippen molar-refractivity contribution in [3.63, 3.8) is 0 Å². The van der Waals surface area contributed by atoms with Crippen LogP contribution in [0.5, 0.6) is 0 Å². The highest BCUT2D eigenvalue weighted by Crippen LogP contribution is 2.36. The van der Waals surface area contributed by atoms with Crippen LogP contribution in [0.3, 0.4) is 0 Å². The SMILES string of the molecule is Cl.NC(CO)Cc1c(Sc2cccc(C(F)(F)F)c2)nc2sccn12. The molecule has 0 aliphatic heterocycles. The zero-order chi connectivity index (χ0) is 17.3. The lowest BCUT2D eigenvalue weighted by Gasteiger charge is -2.10. The fraction of sp³-hybridized carbons (Fsp3) is 0.267. The van der Waals surface area contributed by atoms with Gasteiger partial charge in [0.1, 0.15) is 5.03 Å². The number of thiazole rings is 1. The van der Waals surface area contributed by atoms with E-state index in [9.17, 15) is 18.3 Å². The molecule has 3 aromatic rings. The van der Waals surface area contributed by atoms with Gasteiger partial charge in [0, 0.05) is 28.9 Å². The van der Waals surface area contributed by atoms with E-state index in [4.69, 9.17) is 5.73 Å². The fourth-order valence-electron chi connectivity index (χ4n) is 2.24. The number of aliphatic hydroxyl groups is 1. The number of hydrogen-bond acceptors (Lipinski definition) is 5. The molecule has 3 rings (SSSR count). The maximum atomic E-state index is 12.8. The second kappa shape index (κ2) is 7.96. The van der Waals surface area contributed by atoms with Crippen LogP contribution in [-0.2, 0) is 12.6 Å². The molecule has 2 aromatic heterocycles. The summed E-state index contributed by atoms with van der Waals surface area (Å²) < 4.78 is 40.4. The zero-order valence-electron chi connectivity index (χ0n) is 12.7. The maximum absolute atomic E-state index is 12.8. The van der Waals surface area contributed by atoms with Crippen LogP contribution >= 0.6 is 35.5 Å². The predicted octanol–water partition coefficient (Wildman–Crippen LogP) is 3.85. The van der Waals surface area contributed by atoms with E-state index >= 15 is 0 Å². The quantitative estimate of drug-likeness (QED) is 0.671. The lowest BCUT2D eigenvalue weighted by Crippen LogP contribution is -2.27. The van der Waals surface area contributed by atoms with E-state index < -0.39 is 17.8 Å². The highest BCUT2D eigenvalue weighted by Gasteiger charge is 2.30. The third kappa shape index (κ3) is 4.48. The van der Waals surface area contributed by atoms with Crippen molar-refractivity contribution in [2.75, 3.05) is 6.61 Å². The third-order valence-electron chi connectivity index (χ3n) is 3.39. The first-order chi connectivity index (χ1) is 11.4. The van der Waals surface area contributed by atoms with Crippen LogP contribution in [0, 0.1) is 0 Å². The van der Waals surface area contributed by atoms with Crippen LogP contribution in [0.15, 0.2) is 45.8 Å². The molecule has 1 aromatic carbocycles. The van der Waals surface area contributed by atoms with Crippen molar-refractivity contribution in [1.82, 2.24) is 9.38 Å². The molecule has 1 unspecified atom stereocenters. The van der Waals surface area contributed by atoms with Gasteiger partial charge in [0.15, 0.2) is 4.96 Å². The van der Waals surface area contributed by atoms with E-state index in [1.54, 1.807) is 6.07 Å². The van der Waals surface area contributed by atoms with Gasteiger partial charge in [0.25, 0.3) is 0 Å². The second-order valence-corrected chi connectivity index (χ2v) is 7.13. The number of imidazole rings is 1. The highest BCUT2D eigenvalue weighted by molar-refractivity contribution is 7.99. The molecule has 136 valence electrons. The van der Waals surface area contributed by atoms with Crippen LogP contribution in [0.2, 0.25) is 0 Å². The Morgan fingerprint density at radius 2 is 2.12 bits per heavy atom. The van der Waals surface area contributed by atoms with E-state index in [-0.39, 0.29) is 19.0 Å². The Morgan fingerprint density at radius 3 is 2.80 bits per heavy atom. The second-order valence-electron chi connectivity index (χ2n) is 5.19. The minimum absolute atomic E-state index is 0. The van der Waals surface area contributed by atoms with Crippen LogP contribution in [-0.4, -0.2) is 27.1 Å². The number of benzene rings is 1. The van der Waals surface area contributed by atoms with Crippen LogP contribution < -0.4 is 5.73 Å². The summed E-state index contributed by atoms with van der Waals surface area (Å²) in [5.74, 6) is 0. The summed E-state index contributed by atoms with van der Waals surface area (Å²) in [5, 5.41) is 11.7. The lowest BCUT2D eigenvalue weighted by atomic mass is 10.2. The molecule has 1 atom stereocenters. The van der Waals surface area contributed by atoms with Gasteiger partial charge in [-0.05, 0) is 18.2 Å². The molecule has 0 bridgehead atoms. The first kappa shape index (κ1) is 20.1. The summed E-state index contributed by atoms with van der Waals surface area (Å²) in [5.41, 5.74) is 5.92. The van der Waals surface area contributed by atoms with Crippen molar-refractivity contribution in [2.45, 2.75) is 28.6 Å². The summed E-state index contributed by atoms with van der Waals surface area (Å²) in [6.07, 6.45) is -2.16. The van der Waals surface area contributed by atoms with Gasteiger partial charge in [0.05, 0.1) is 17.9 Å². The Morgan fingerprint density at radius 1 is 1.36 bits per heavy atom. The van der Waals surface area contributed by atoms with Gasteiger partial charge in [-0.2, -0.15) is 13.2 Å².